The van der Waals surface area contributed by atoms with Crippen LogP contribution in [0.15, 0.2) is 29.8 Å². The van der Waals surface area contributed by atoms with Crippen LogP contribution in [0.1, 0.15) is 76.3 Å². The number of nitrogens with zero attached hydrogens (tertiary/aromatic N) is 7. The van der Waals surface area contributed by atoms with Crippen LogP contribution in [0.2, 0.25) is 0 Å². The standard InChI is InChI=1S/C52H62F7N9O6S/c1-29(2)33(19-44(69)66-24-31(25-66)10-11-51(54,55)56)47(70)62-40-21-43-61-41(26-75-43)35-18-34-37(22-50(4,5)28-74-49(72)39-9-8-12-68(63-39)48(40)71)46(67(27-52(57,58)59)42(34)20-38(35)53)36-17-32(23-60-45(36)30(3)73-7)65-15-13-64(6)14-16-65/h17-18,20,23,26,29-31,33,39-40,63H,8-9,12-16,19,21-22,24-25,27-28H2,1-7H3,(H,62,70)/t30-,33-,39-,40-/m0/s1. The Balaban J connectivity index is 1.21. The van der Waals surface area contributed by atoms with E-state index in [1.807, 2.05) is 27.0 Å². The highest BCUT2D eigenvalue weighted by Crippen LogP contribution is 2.45. The van der Waals surface area contributed by atoms with Crippen molar-refractivity contribution < 1.29 is 59.4 Å². The molecule has 0 spiro atoms. The van der Waals surface area contributed by atoms with E-state index in [-0.39, 0.29) is 79.4 Å². The summed E-state index contributed by atoms with van der Waals surface area (Å²) >= 11 is 1.07. The summed E-state index contributed by atoms with van der Waals surface area (Å²) in [5.74, 6) is -2.05. The van der Waals surface area contributed by atoms with E-state index in [1.165, 1.54) is 29.0 Å². The average Bonchev–Trinajstić information content (AvgIpc) is 3.90. The zero-order valence-corrected chi connectivity index (χ0v) is 43.7. The highest BCUT2D eigenvalue weighted by atomic mass is 32.1. The molecule has 75 heavy (non-hydrogen) atoms. The maximum absolute atomic E-state index is 16.9. The molecular weight excluding hydrogens is 1010 g/mol. The number of ether oxygens (including phenoxy) is 2. The first-order chi connectivity index (χ1) is 35.3. The second-order valence-electron chi connectivity index (χ2n) is 21.1. The monoisotopic (exact) mass is 1070 g/mol. The molecule has 2 N–H and O–H groups in total. The number of pyridine rings is 1. The number of piperazine rings is 1. The van der Waals surface area contributed by atoms with Gasteiger partial charge >= 0.3 is 18.3 Å². The molecule has 23 heteroatoms. The summed E-state index contributed by atoms with van der Waals surface area (Å²) in [6.07, 6.45) is -8.26. The van der Waals surface area contributed by atoms with Crippen molar-refractivity contribution >= 4 is 51.6 Å². The first-order valence-corrected chi connectivity index (χ1v) is 25.9. The lowest BCUT2D eigenvalue weighted by Crippen LogP contribution is -2.61. The Morgan fingerprint density at radius 1 is 1.03 bits per heavy atom. The lowest BCUT2D eigenvalue weighted by atomic mass is 9.84. The fraction of sp³-hybridized carbons (Fsp3) is 0.577. The summed E-state index contributed by atoms with van der Waals surface area (Å²) in [5, 5.41) is 6.19. The Bertz CT molecular complexity index is 2860. The van der Waals surface area contributed by atoms with Gasteiger partial charge in [0.15, 0.2) is 0 Å². The summed E-state index contributed by atoms with van der Waals surface area (Å²) in [4.78, 5) is 71.3. The molecule has 4 aliphatic heterocycles. The van der Waals surface area contributed by atoms with Crippen LogP contribution in [0, 0.1) is 40.8 Å². The molecule has 4 atom stereocenters. The number of aromatic nitrogens is 3. The molecule has 7 heterocycles. The molecule has 1 aromatic carbocycles. The van der Waals surface area contributed by atoms with Crippen molar-refractivity contribution in [3.05, 3.63) is 51.9 Å². The van der Waals surface area contributed by atoms with E-state index in [2.05, 4.69) is 26.5 Å². The fourth-order valence-electron chi connectivity index (χ4n) is 10.1. The van der Waals surface area contributed by atoms with Gasteiger partial charge in [0.1, 0.15) is 24.4 Å². The number of fused-ring (bicyclic) bond motifs is 6. The molecule has 15 nitrogen and oxygen atoms in total. The van der Waals surface area contributed by atoms with Gasteiger partial charge in [0, 0.05) is 105 Å². The Hall–Kier alpha value is -5.83. The fourth-order valence-corrected chi connectivity index (χ4v) is 10.9. The van der Waals surface area contributed by atoms with Crippen LogP contribution >= 0.6 is 11.3 Å². The number of nitrogens with one attached hydrogen (secondary N) is 2. The van der Waals surface area contributed by atoms with Crippen molar-refractivity contribution in [1.82, 2.24) is 40.1 Å². The number of benzene rings is 1. The van der Waals surface area contributed by atoms with Crippen LogP contribution in [0.4, 0.5) is 36.4 Å². The first-order valence-electron chi connectivity index (χ1n) is 25.0. The van der Waals surface area contributed by atoms with Crippen LogP contribution in [-0.2, 0) is 48.0 Å². The third-order valence-electron chi connectivity index (χ3n) is 14.4. The van der Waals surface area contributed by atoms with Gasteiger partial charge in [-0.05, 0) is 62.9 Å². The number of rotatable bonds is 10. The molecule has 0 saturated carbocycles. The van der Waals surface area contributed by atoms with Crippen molar-refractivity contribution in [3.8, 4) is 34.4 Å². The number of anilines is 1. The Morgan fingerprint density at radius 3 is 2.41 bits per heavy atom. The molecule has 3 amide bonds. The van der Waals surface area contributed by atoms with E-state index in [0.717, 1.165) is 35.1 Å². The molecular formula is C52H62F7N9O6S. The zero-order valence-electron chi connectivity index (χ0n) is 42.9. The number of thiazole rings is 1. The summed E-state index contributed by atoms with van der Waals surface area (Å²) in [6.45, 7) is 9.97. The van der Waals surface area contributed by atoms with E-state index in [9.17, 15) is 32.3 Å². The van der Waals surface area contributed by atoms with Crippen LogP contribution < -0.4 is 15.6 Å². The number of carbonyl (C=O) groups excluding carboxylic acids is 4. The van der Waals surface area contributed by atoms with Crippen molar-refractivity contribution in [3.63, 3.8) is 0 Å². The number of alkyl halides is 6. The normalized spacial score (nSPS) is 21.0. The van der Waals surface area contributed by atoms with Crippen LogP contribution in [0.25, 0.3) is 33.4 Å². The van der Waals surface area contributed by atoms with Gasteiger partial charge in [-0.15, -0.1) is 11.3 Å². The predicted molar refractivity (Wildman–Crippen MR) is 266 cm³/mol. The van der Waals surface area contributed by atoms with E-state index in [1.54, 1.807) is 32.3 Å². The number of methoxy groups -OCH3 is 1. The number of hydrogen-bond acceptors (Lipinski definition) is 12. The van der Waals surface area contributed by atoms with Gasteiger partial charge in [0.2, 0.25) is 11.8 Å². The van der Waals surface area contributed by atoms with E-state index < -0.39 is 89.8 Å². The van der Waals surface area contributed by atoms with Crippen molar-refractivity contribution in [2.45, 2.75) is 104 Å². The summed E-state index contributed by atoms with van der Waals surface area (Å²) in [6, 6.07) is 2.04. The Morgan fingerprint density at radius 2 is 1.75 bits per heavy atom. The highest BCUT2D eigenvalue weighted by molar-refractivity contribution is 7.10. The third-order valence-corrected chi connectivity index (χ3v) is 15.2. The second-order valence-corrected chi connectivity index (χ2v) is 22.1. The number of halogens is 7. The smallest absolute Gasteiger partial charge is 0.457 e. The maximum atomic E-state index is 16.9. The van der Waals surface area contributed by atoms with Gasteiger partial charge in [-0.3, -0.25) is 29.2 Å². The van der Waals surface area contributed by atoms with Crippen molar-refractivity contribution in [1.29, 1.82) is 0 Å². The minimum atomic E-state index is -4.77. The zero-order chi connectivity index (χ0) is 54.3. The predicted octanol–water partition coefficient (Wildman–Crippen LogP) is 7.32. The van der Waals surface area contributed by atoms with Crippen LogP contribution in [0.5, 0.6) is 0 Å². The van der Waals surface area contributed by atoms with E-state index in [0.29, 0.717) is 47.4 Å². The van der Waals surface area contributed by atoms with E-state index in [4.69, 9.17) is 19.4 Å². The molecule has 0 unspecified atom stereocenters. The molecule has 3 saturated heterocycles. The van der Waals surface area contributed by atoms with Gasteiger partial charge in [-0.1, -0.05) is 33.6 Å². The minimum Gasteiger partial charge on any atom is -0.464 e. The third kappa shape index (κ3) is 12.9. The number of hydrogen-bond donors (Lipinski definition) is 2. The maximum Gasteiger partial charge on any atom is 0.457 e. The molecule has 4 aliphatic rings. The highest BCUT2D eigenvalue weighted by Gasteiger charge is 2.40. The Labute approximate surface area is 434 Å². The molecule has 8 rings (SSSR count). The lowest BCUT2D eigenvalue weighted by Gasteiger charge is -2.38. The van der Waals surface area contributed by atoms with Gasteiger partial charge < -0.3 is 34.1 Å². The largest absolute Gasteiger partial charge is 0.464 e. The quantitative estimate of drug-likeness (QED) is 0.0933. The van der Waals surface area contributed by atoms with E-state index >= 15 is 17.6 Å². The lowest BCUT2D eigenvalue weighted by molar-refractivity contribution is -0.155. The first kappa shape index (κ1) is 55.4. The number of likely N-dealkylation sites (N-methyl/N-ethyl adjacent to an activating group) is 1. The topological polar surface area (TPSA) is 154 Å². The number of amides is 3. The molecule has 0 aliphatic carbocycles. The summed E-state index contributed by atoms with van der Waals surface area (Å²) in [7, 11) is 3.49. The molecule has 0 radical (unpaired) electrons. The Kier molecular flexibility index (Phi) is 16.3. The number of esters is 1. The molecule has 3 fully saturated rings. The van der Waals surface area contributed by atoms with Crippen molar-refractivity contribution in [2.75, 3.05) is 71.5 Å². The number of likely N-dealkylation sites (tertiary alicyclic amines) is 1. The molecule has 6 bridgehead atoms. The van der Waals surface area contributed by atoms with Crippen LogP contribution in [0.3, 0.4) is 0 Å². The summed E-state index contributed by atoms with van der Waals surface area (Å²) < 4.78 is 113. The van der Waals surface area contributed by atoms with Gasteiger partial charge in [0.25, 0.3) is 5.91 Å². The number of carbonyl (C=O) groups is 4. The molecule has 4 aromatic rings. The summed E-state index contributed by atoms with van der Waals surface area (Å²) in [5.41, 5.74) is 4.06. The number of hydrazine groups is 1. The van der Waals surface area contributed by atoms with Crippen molar-refractivity contribution in [2.24, 2.45) is 23.2 Å². The number of cyclic esters (lactones) is 1. The van der Waals surface area contributed by atoms with Gasteiger partial charge in [-0.2, -0.15) is 26.3 Å². The van der Waals surface area contributed by atoms with Crippen LogP contribution in [-0.4, -0.2) is 144 Å². The molecule has 3 aromatic heterocycles. The SMILES string of the molecule is CO[C@@H](C)c1ncc(N2CCN(C)CC2)cc1-c1c2c3cc(c(F)cc3n1CC(F)(F)F)-c1csc(n1)C[C@H](NC(=O)[C@@H](CC(=O)N1CC(C#CC(F)(F)F)C1)C(C)C)C(=O)N1CCC[C@H](N1)C(=O)OCC(C)(C)C2. The minimum absolute atomic E-state index is 0.0317. The van der Waals surface area contributed by atoms with Gasteiger partial charge in [-0.25, -0.2) is 14.8 Å². The molecule has 406 valence electrons. The average molecular weight is 1070 g/mol. The second kappa shape index (κ2) is 22.0. The van der Waals surface area contributed by atoms with Gasteiger partial charge in [0.05, 0.1) is 58.1 Å².